The zero-order chi connectivity index (χ0) is 26.5. The number of ketones is 1. The molecule has 0 saturated heterocycles. The Morgan fingerprint density at radius 1 is 0.886 bits per heavy atom. The first-order chi connectivity index (χ1) is 16.8. The van der Waals surface area contributed by atoms with Gasteiger partial charge in [-0.15, -0.1) is 0 Å². The monoisotopic (exact) mass is 488 g/mol. The molecule has 7 nitrogen and oxygen atoms in total. The number of rotatable bonds is 11. The smallest absolute Gasteiger partial charge is 0.412 e. The standard InChI is InChI=1S/C22H28N2O5.2C3H8/c1-16(25)23-13-7-2-3-8-14-24-22(28)29-20-15-18(26)11-12-19(20)21(27)17-9-5-4-6-10-17;2*1-3-2/h4-6,9-12,15-16,23,25-26H,2-3,7-8,13-14H2,1H3,(H,24,28);2*3H2,1-2H3. The van der Waals surface area contributed by atoms with E-state index in [9.17, 15) is 14.7 Å². The van der Waals surface area contributed by atoms with Crippen LogP contribution in [0, 0.1) is 0 Å². The van der Waals surface area contributed by atoms with E-state index < -0.39 is 12.3 Å². The van der Waals surface area contributed by atoms with Crippen LogP contribution < -0.4 is 15.4 Å². The molecule has 35 heavy (non-hydrogen) atoms. The molecule has 0 aliphatic heterocycles. The molecule has 0 spiro atoms. The van der Waals surface area contributed by atoms with E-state index in [0.29, 0.717) is 12.1 Å². The van der Waals surface area contributed by atoms with Crippen molar-refractivity contribution in [2.24, 2.45) is 0 Å². The maximum Gasteiger partial charge on any atom is 0.412 e. The van der Waals surface area contributed by atoms with Gasteiger partial charge in [-0.25, -0.2) is 4.79 Å². The molecule has 0 heterocycles. The maximum atomic E-state index is 12.7. The van der Waals surface area contributed by atoms with Crippen molar-refractivity contribution in [3.63, 3.8) is 0 Å². The number of carbonyl (C=O) groups excluding carboxylic acids is 2. The number of ether oxygens (including phenoxy) is 1. The van der Waals surface area contributed by atoms with E-state index in [4.69, 9.17) is 9.84 Å². The second-order valence-electron chi connectivity index (χ2n) is 8.15. The summed E-state index contributed by atoms with van der Waals surface area (Å²) in [6.07, 6.45) is 4.99. The molecule has 1 atom stereocenters. The Bertz CT molecular complexity index is 823. The van der Waals surface area contributed by atoms with E-state index >= 15 is 0 Å². The number of phenols is 1. The number of amides is 1. The van der Waals surface area contributed by atoms with Gasteiger partial charge in [0, 0.05) is 18.2 Å². The molecule has 1 amide bonds. The SMILES string of the molecule is CC(O)NCCCCCCNC(=O)Oc1cc(O)ccc1C(=O)c1ccccc1.CCC.CCC. The molecule has 7 heteroatoms. The van der Waals surface area contributed by atoms with E-state index in [1.807, 2.05) is 6.07 Å². The van der Waals surface area contributed by atoms with Crippen LogP contribution in [0.2, 0.25) is 0 Å². The fourth-order valence-corrected chi connectivity index (χ4v) is 2.77. The Balaban J connectivity index is 0.00000174. The van der Waals surface area contributed by atoms with Gasteiger partial charge in [0.15, 0.2) is 5.78 Å². The molecule has 4 N–H and O–H groups in total. The van der Waals surface area contributed by atoms with E-state index in [2.05, 4.69) is 38.3 Å². The van der Waals surface area contributed by atoms with Crippen molar-refractivity contribution < 1.29 is 24.5 Å². The highest BCUT2D eigenvalue weighted by Crippen LogP contribution is 2.26. The highest BCUT2D eigenvalue weighted by molar-refractivity contribution is 6.11. The van der Waals surface area contributed by atoms with Crippen molar-refractivity contribution in [2.75, 3.05) is 13.1 Å². The lowest BCUT2D eigenvalue weighted by Crippen LogP contribution is -2.28. The van der Waals surface area contributed by atoms with Crippen molar-refractivity contribution in [3.05, 3.63) is 59.7 Å². The number of phenolic OH excluding ortho intramolecular Hbond substituents is 1. The number of nitrogens with one attached hydrogen (secondary N) is 2. The number of aliphatic hydroxyl groups is 1. The number of unbranched alkanes of at least 4 members (excludes halogenated alkanes) is 3. The lowest BCUT2D eigenvalue weighted by atomic mass is 10.0. The molecule has 2 aromatic carbocycles. The first-order valence-corrected chi connectivity index (χ1v) is 12.6. The number of aromatic hydroxyl groups is 1. The number of benzene rings is 2. The minimum Gasteiger partial charge on any atom is -0.508 e. The average molecular weight is 489 g/mol. The number of hydrogen-bond acceptors (Lipinski definition) is 6. The van der Waals surface area contributed by atoms with E-state index in [-0.39, 0.29) is 22.8 Å². The second kappa shape index (κ2) is 20.5. The van der Waals surface area contributed by atoms with Gasteiger partial charge < -0.3 is 20.3 Å². The van der Waals surface area contributed by atoms with E-state index in [1.165, 1.54) is 31.0 Å². The summed E-state index contributed by atoms with van der Waals surface area (Å²) in [5.41, 5.74) is 0.670. The maximum absolute atomic E-state index is 12.7. The third-order valence-electron chi connectivity index (χ3n) is 4.26. The topological polar surface area (TPSA) is 108 Å². The van der Waals surface area contributed by atoms with Crippen LogP contribution in [-0.4, -0.2) is 41.4 Å². The molecular weight excluding hydrogens is 444 g/mol. The summed E-state index contributed by atoms with van der Waals surface area (Å²) in [6.45, 7) is 11.4. The first-order valence-electron chi connectivity index (χ1n) is 12.6. The van der Waals surface area contributed by atoms with Gasteiger partial charge in [-0.05, 0) is 38.4 Å². The fourth-order valence-electron chi connectivity index (χ4n) is 2.77. The largest absolute Gasteiger partial charge is 0.508 e. The normalized spacial score (nSPS) is 10.7. The van der Waals surface area contributed by atoms with Crippen molar-refractivity contribution in [2.45, 2.75) is 79.4 Å². The van der Waals surface area contributed by atoms with Gasteiger partial charge in [0.05, 0.1) is 5.56 Å². The summed E-state index contributed by atoms with van der Waals surface area (Å²) in [5, 5.41) is 24.4. The molecule has 1 unspecified atom stereocenters. The third-order valence-corrected chi connectivity index (χ3v) is 4.26. The Morgan fingerprint density at radius 3 is 2.03 bits per heavy atom. The van der Waals surface area contributed by atoms with E-state index in [1.54, 1.807) is 31.2 Å². The highest BCUT2D eigenvalue weighted by atomic mass is 16.6. The molecule has 2 rings (SSSR count). The predicted octanol–water partition coefficient (Wildman–Crippen LogP) is 6.03. The zero-order valence-electron chi connectivity index (χ0n) is 22.0. The van der Waals surface area contributed by atoms with Crippen LogP contribution >= 0.6 is 0 Å². The minimum atomic E-state index is -0.673. The van der Waals surface area contributed by atoms with Crippen molar-refractivity contribution in [1.82, 2.24) is 10.6 Å². The molecule has 2 aromatic rings. The molecule has 0 fully saturated rings. The van der Waals surface area contributed by atoms with Gasteiger partial charge in [-0.1, -0.05) is 83.7 Å². The number of carbonyl (C=O) groups is 2. The Kier molecular flexibility index (Phi) is 18.8. The predicted molar refractivity (Wildman–Crippen MR) is 142 cm³/mol. The summed E-state index contributed by atoms with van der Waals surface area (Å²) in [4.78, 5) is 24.8. The second-order valence-corrected chi connectivity index (χ2v) is 8.15. The van der Waals surface area contributed by atoms with Crippen LogP contribution in [-0.2, 0) is 0 Å². The van der Waals surface area contributed by atoms with Crippen LogP contribution in [0.3, 0.4) is 0 Å². The number of aliphatic hydroxyl groups excluding tert-OH is 1. The molecule has 0 aliphatic rings. The Morgan fingerprint density at radius 2 is 1.46 bits per heavy atom. The summed E-state index contributed by atoms with van der Waals surface area (Å²) in [6, 6.07) is 12.7. The molecular formula is C28H44N2O5. The Labute approximate surface area is 210 Å². The van der Waals surface area contributed by atoms with Crippen LogP contribution in [0.5, 0.6) is 11.5 Å². The lowest BCUT2D eigenvalue weighted by Gasteiger charge is -2.11. The summed E-state index contributed by atoms with van der Waals surface area (Å²) in [5.74, 6) is -0.372. The molecule has 0 saturated carbocycles. The first kappa shape index (κ1) is 32.1. The summed E-state index contributed by atoms with van der Waals surface area (Å²) in [7, 11) is 0. The van der Waals surface area contributed by atoms with Gasteiger partial charge in [-0.3, -0.25) is 10.1 Å². The van der Waals surface area contributed by atoms with Crippen LogP contribution in [0.1, 0.15) is 89.1 Å². The van der Waals surface area contributed by atoms with Gasteiger partial charge in [-0.2, -0.15) is 0 Å². The third kappa shape index (κ3) is 15.6. The average Bonchev–Trinajstić information content (AvgIpc) is 2.82. The van der Waals surface area contributed by atoms with Crippen molar-refractivity contribution >= 4 is 11.9 Å². The summed E-state index contributed by atoms with van der Waals surface area (Å²) >= 11 is 0. The van der Waals surface area contributed by atoms with Crippen molar-refractivity contribution in [3.8, 4) is 11.5 Å². The lowest BCUT2D eigenvalue weighted by molar-refractivity contribution is 0.103. The zero-order valence-corrected chi connectivity index (χ0v) is 22.0. The van der Waals surface area contributed by atoms with Gasteiger partial charge >= 0.3 is 6.09 Å². The van der Waals surface area contributed by atoms with Gasteiger partial charge in [0.2, 0.25) is 0 Å². The molecule has 0 aromatic heterocycles. The van der Waals surface area contributed by atoms with Gasteiger partial charge in [0.25, 0.3) is 0 Å². The molecule has 0 aliphatic carbocycles. The number of hydrogen-bond donors (Lipinski definition) is 4. The molecule has 0 radical (unpaired) electrons. The van der Waals surface area contributed by atoms with Crippen LogP contribution in [0.4, 0.5) is 4.79 Å². The molecule has 0 bridgehead atoms. The summed E-state index contributed by atoms with van der Waals surface area (Å²) < 4.78 is 5.27. The quantitative estimate of drug-likeness (QED) is 0.175. The highest BCUT2D eigenvalue weighted by Gasteiger charge is 2.17. The van der Waals surface area contributed by atoms with Crippen molar-refractivity contribution in [1.29, 1.82) is 0 Å². The molecule has 196 valence electrons. The van der Waals surface area contributed by atoms with Crippen LogP contribution in [0.25, 0.3) is 0 Å². The van der Waals surface area contributed by atoms with Gasteiger partial charge in [0.1, 0.15) is 17.7 Å². The minimum absolute atomic E-state index is 0.0144. The van der Waals surface area contributed by atoms with E-state index in [0.717, 1.165) is 32.2 Å². The fraction of sp³-hybridized carbons (Fsp3) is 0.500. The van der Waals surface area contributed by atoms with Crippen LogP contribution in [0.15, 0.2) is 48.5 Å². The Hall–Kier alpha value is -2.90.